The highest BCUT2D eigenvalue weighted by Crippen LogP contribution is 2.39. The number of benzene rings is 2. The lowest BCUT2D eigenvalue weighted by molar-refractivity contribution is -0.112. The van der Waals surface area contributed by atoms with E-state index >= 15 is 0 Å². The highest BCUT2D eigenvalue weighted by molar-refractivity contribution is 9.10. The van der Waals surface area contributed by atoms with Gasteiger partial charge in [0.15, 0.2) is 0 Å². The normalized spacial score (nSPS) is 12.9. The molecular formula is C29H27BrN2O4S. The molecule has 0 atom stereocenters. The highest BCUT2D eigenvalue weighted by atomic mass is 79.9. The number of amides is 1. The zero-order valence-corrected chi connectivity index (χ0v) is 23.1. The van der Waals surface area contributed by atoms with Crippen molar-refractivity contribution >= 4 is 50.2 Å². The summed E-state index contributed by atoms with van der Waals surface area (Å²) in [6.45, 7) is 4.37. The number of esters is 1. The Morgan fingerprint density at radius 3 is 2.65 bits per heavy atom. The van der Waals surface area contributed by atoms with Gasteiger partial charge in [0.05, 0.1) is 12.2 Å². The van der Waals surface area contributed by atoms with Gasteiger partial charge in [-0.25, -0.2) is 4.79 Å². The van der Waals surface area contributed by atoms with Crippen molar-refractivity contribution in [2.75, 3.05) is 11.9 Å². The molecule has 190 valence electrons. The maximum absolute atomic E-state index is 13.2. The molecule has 2 aromatic carbocycles. The van der Waals surface area contributed by atoms with Gasteiger partial charge in [-0.1, -0.05) is 45.8 Å². The summed E-state index contributed by atoms with van der Waals surface area (Å²) >= 11 is 4.85. The van der Waals surface area contributed by atoms with Crippen LogP contribution < -0.4 is 10.1 Å². The van der Waals surface area contributed by atoms with Crippen molar-refractivity contribution in [3.8, 4) is 11.8 Å². The molecule has 0 saturated heterocycles. The standard InChI is InChI=1S/C29H27BrN2O4S/c1-3-35-29(34)26-23-6-4-5-7-25(23)37-28(26)32-27(33)21(16-31)14-20-15-22(30)12-13-24(20)36-17-19-10-8-18(2)9-11-19/h8-15H,3-7,17H2,1-2H3,(H,32,33)/b21-14+. The average molecular weight is 580 g/mol. The van der Waals surface area contributed by atoms with Gasteiger partial charge in [-0.05, 0) is 74.9 Å². The van der Waals surface area contributed by atoms with Crippen LogP contribution in [-0.2, 0) is 29.0 Å². The molecule has 1 heterocycles. The number of fused-ring (bicyclic) bond motifs is 1. The van der Waals surface area contributed by atoms with E-state index in [9.17, 15) is 14.9 Å². The Balaban J connectivity index is 1.60. The molecule has 1 aromatic heterocycles. The summed E-state index contributed by atoms with van der Waals surface area (Å²) in [5.41, 5.74) is 4.03. The number of anilines is 1. The Morgan fingerprint density at radius 1 is 1.16 bits per heavy atom. The van der Waals surface area contributed by atoms with E-state index in [1.807, 2.05) is 43.3 Å². The average Bonchev–Trinajstić information content (AvgIpc) is 3.25. The first-order valence-electron chi connectivity index (χ1n) is 12.1. The molecule has 1 aliphatic rings. The number of hydrogen-bond acceptors (Lipinski definition) is 6. The van der Waals surface area contributed by atoms with Gasteiger partial charge in [-0.15, -0.1) is 11.3 Å². The lowest BCUT2D eigenvalue weighted by Gasteiger charge is -2.12. The molecule has 37 heavy (non-hydrogen) atoms. The predicted octanol–water partition coefficient (Wildman–Crippen LogP) is 7.00. The van der Waals surface area contributed by atoms with E-state index in [0.29, 0.717) is 28.5 Å². The van der Waals surface area contributed by atoms with Crippen LogP contribution in [0.1, 0.15) is 57.3 Å². The van der Waals surface area contributed by atoms with Crippen LogP contribution >= 0.6 is 27.3 Å². The Morgan fingerprint density at radius 2 is 1.92 bits per heavy atom. The smallest absolute Gasteiger partial charge is 0.341 e. The van der Waals surface area contributed by atoms with Crippen LogP contribution in [-0.4, -0.2) is 18.5 Å². The van der Waals surface area contributed by atoms with E-state index < -0.39 is 11.9 Å². The topological polar surface area (TPSA) is 88.4 Å². The minimum atomic E-state index is -0.587. The number of carbonyl (C=O) groups is 2. The number of hydrogen-bond donors (Lipinski definition) is 1. The number of nitriles is 1. The summed E-state index contributed by atoms with van der Waals surface area (Å²) in [6, 6.07) is 15.5. The van der Waals surface area contributed by atoms with Gasteiger partial charge in [0.25, 0.3) is 5.91 Å². The molecular weight excluding hydrogens is 552 g/mol. The van der Waals surface area contributed by atoms with Crippen molar-refractivity contribution in [3.05, 3.63) is 85.2 Å². The summed E-state index contributed by atoms with van der Waals surface area (Å²) in [4.78, 5) is 27.0. The van der Waals surface area contributed by atoms with Gasteiger partial charge >= 0.3 is 5.97 Å². The summed E-state index contributed by atoms with van der Waals surface area (Å²) in [5.74, 6) is -0.488. The van der Waals surface area contributed by atoms with Gasteiger partial charge in [-0.2, -0.15) is 5.26 Å². The first-order chi connectivity index (χ1) is 17.9. The molecule has 6 nitrogen and oxygen atoms in total. The third-order valence-electron chi connectivity index (χ3n) is 6.03. The lowest BCUT2D eigenvalue weighted by atomic mass is 9.95. The van der Waals surface area contributed by atoms with Gasteiger partial charge in [0, 0.05) is 14.9 Å². The van der Waals surface area contributed by atoms with Gasteiger partial charge < -0.3 is 14.8 Å². The Labute approximate surface area is 229 Å². The second-order valence-electron chi connectivity index (χ2n) is 8.72. The van der Waals surface area contributed by atoms with Gasteiger partial charge in [-0.3, -0.25) is 4.79 Å². The molecule has 0 unspecified atom stereocenters. The summed E-state index contributed by atoms with van der Waals surface area (Å²) in [5, 5.41) is 13.1. The van der Waals surface area contributed by atoms with E-state index in [4.69, 9.17) is 9.47 Å². The van der Waals surface area contributed by atoms with Crippen LogP contribution in [0.4, 0.5) is 5.00 Å². The number of nitrogens with one attached hydrogen (secondary N) is 1. The molecule has 0 radical (unpaired) electrons. The van der Waals surface area contributed by atoms with Crippen molar-refractivity contribution in [3.63, 3.8) is 0 Å². The van der Waals surface area contributed by atoms with Crippen LogP contribution in [0.15, 0.2) is 52.5 Å². The predicted molar refractivity (Wildman–Crippen MR) is 149 cm³/mol. The first kappa shape index (κ1) is 26.6. The van der Waals surface area contributed by atoms with E-state index in [0.717, 1.165) is 46.2 Å². The van der Waals surface area contributed by atoms with Crippen LogP contribution in [0.2, 0.25) is 0 Å². The first-order valence-corrected chi connectivity index (χ1v) is 13.7. The van der Waals surface area contributed by atoms with Crippen molar-refractivity contribution in [1.29, 1.82) is 5.26 Å². The monoisotopic (exact) mass is 578 g/mol. The van der Waals surface area contributed by atoms with Gasteiger partial charge in [0.2, 0.25) is 0 Å². The molecule has 0 spiro atoms. The Hall–Kier alpha value is -3.41. The zero-order chi connectivity index (χ0) is 26.4. The van der Waals surface area contributed by atoms with Crippen molar-refractivity contribution in [1.82, 2.24) is 0 Å². The quantitative estimate of drug-likeness (QED) is 0.176. The second kappa shape index (κ2) is 12.2. The molecule has 0 fully saturated rings. The molecule has 1 amide bonds. The summed E-state index contributed by atoms with van der Waals surface area (Å²) in [6.07, 6.45) is 5.17. The third-order valence-corrected chi connectivity index (χ3v) is 7.73. The second-order valence-corrected chi connectivity index (χ2v) is 10.7. The number of rotatable bonds is 8. The summed E-state index contributed by atoms with van der Waals surface area (Å²) < 4.78 is 12.1. The molecule has 0 bridgehead atoms. The third kappa shape index (κ3) is 6.48. The minimum Gasteiger partial charge on any atom is -0.488 e. The SMILES string of the molecule is CCOC(=O)c1c(NC(=O)/C(C#N)=C/c2cc(Br)ccc2OCc2ccc(C)cc2)sc2c1CCCC2. The molecule has 1 aliphatic carbocycles. The Bertz CT molecular complexity index is 1390. The fourth-order valence-corrected chi connectivity index (χ4v) is 5.81. The lowest BCUT2D eigenvalue weighted by Crippen LogP contribution is -2.16. The van der Waals surface area contributed by atoms with Crippen LogP contribution in [0.3, 0.4) is 0 Å². The van der Waals surface area contributed by atoms with E-state index in [2.05, 4.69) is 21.2 Å². The maximum atomic E-state index is 13.2. The number of halogens is 1. The molecule has 4 rings (SSSR count). The number of carbonyl (C=O) groups excluding carboxylic acids is 2. The maximum Gasteiger partial charge on any atom is 0.341 e. The number of thiophene rings is 1. The highest BCUT2D eigenvalue weighted by Gasteiger charge is 2.28. The fraction of sp³-hybridized carbons (Fsp3) is 0.276. The van der Waals surface area contributed by atoms with Crippen LogP contribution in [0.5, 0.6) is 5.75 Å². The largest absolute Gasteiger partial charge is 0.488 e. The van der Waals surface area contributed by atoms with Crippen LogP contribution in [0.25, 0.3) is 6.08 Å². The Kier molecular flexibility index (Phi) is 8.80. The number of nitrogens with zero attached hydrogens (tertiary/aromatic N) is 1. The molecule has 1 N–H and O–H groups in total. The van der Waals surface area contributed by atoms with Crippen molar-refractivity contribution < 1.29 is 19.1 Å². The molecule has 3 aromatic rings. The molecule has 0 aliphatic heterocycles. The number of aryl methyl sites for hydroxylation is 2. The van der Waals surface area contributed by atoms with E-state index in [1.54, 1.807) is 19.1 Å². The molecule has 8 heteroatoms. The fourth-order valence-electron chi connectivity index (χ4n) is 4.16. The van der Waals surface area contributed by atoms with E-state index in [1.165, 1.54) is 23.0 Å². The molecule has 0 saturated carbocycles. The van der Waals surface area contributed by atoms with Gasteiger partial charge in [0.1, 0.15) is 29.0 Å². The zero-order valence-electron chi connectivity index (χ0n) is 20.7. The summed E-state index contributed by atoms with van der Waals surface area (Å²) in [7, 11) is 0. The van der Waals surface area contributed by atoms with E-state index in [-0.39, 0.29) is 12.2 Å². The van der Waals surface area contributed by atoms with Crippen molar-refractivity contribution in [2.45, 2.75) is 46.1 Å². The van der Waals surface area contributed by atoms with Crippen LogP contribution in [0, 0.1) is 18.3 Å². The van der Waals surface area contributed by atoms with Crippen molar-refractivity contribution in [2.24, 2.45) is 0 Å². The number of ether oxygens (including phenoxy) is 2. The minimum absolute atomic E-state index is 0.0977.